The molecule has 1 aliphatic rings. The Balaban J connectivity index is 1.72. The highest BCUT2D eigenvalue weighted by Crippen LogP contribution is 2.06. The molecule has 2 amide bonds. The Morgan fingerprint density at radius 2 is 2.14 bits per heavy atom. The lowest BCUT2D eigenvalue weighted by atomic mass is 10.0. The second-order valence-corrected chi connectivity index (χ2v) is 8.24. The Morgan fingerprint density at radius 1 is 1.32 bits per heavy atom. The van der Waals surface area contributed by atoms with Crippen LogP contribution >= 0.6 is 0 Å². The normalized spacial score (nSPS) is 19.4. The number of hydrogen-bond donors (Lipinski definition) is 2. The van der Waals surface area contributed by atoms with Gasteiger partial charge in [0.1, 0.15) is 5.69 Å². The van der Waals surface area contributed by atoms with Gasteiger partial charge < -0.3 is 15.1 Å². The number of hydrogen-bond acceptors (Lipinski definition) is 4. The van der Waals surface area contributed by atoms with Gasteiger partial charge in [-0.25, -0.2) is 4.98 Å². The highest BCUT2D eigenvalue weighted by Gasteiger charge is 2.21. The lowest BCUT2D eigenvalue weighted by Gasteiger charge is -2.30. The molecule has 156 valence electrons. The number of quaternary nitrogens is 1. The molecule has 2 rings (SSSR count). The van der Waals surface area contributed by atoms with Crippen LogP contribution in [0, 0.1) is 5.92 Å². The molecule has 2 atom stereocenters. The molecule has 0 bridgehead atoms. The smallest absolute Gasteiger partial charge is 0.274 e. The molecule has 7 nitrogen and oxygen atoms in total. The Bertz CT molecular complexity index is 608. The molecule has 1 fully saturated rings. The van der Waals surface area contributed by atoms with Crippen LogP contribution in [0.2, 0.25) is 0 Å². The Morgan fingerprint density at radius 3 is 2.82 bits per heavy atom. The van der Waals surface area contributed by atoms with Gasteiger partial charge in [-0.2, -0.15) is 0 Å². The van der Waals surface area contributed by atoms with Gasteiger partial charge in [-0.1, -0.05) is 13.8 Å². The summed E-state index contributed by atoms with van der Waals surface area (Å²) in [4.78, 5) is 36.3. The van der Waals surface area contributed by atoms with Crippen LogP contribution < -0.4 is 10.2 Å². The summed E-state index contributed by atoms with van der Waals surface area (Å²) in [6, 6.07) is 0.737. The quantitative estimate of drug-likeness (QED) is 0.583. The average Bonchev–Trinajstić information content (AvgIpc) is 2.69. The van der Waals surface area contributed by atoms with Gasteiger partial charge in [0, 0.05) is 44.9 Å². The summed E-state index contributed by atoms with van der Waals surface area (Å²) in [5.41, 5.74) is 0.321. The van der Waals surface area contributed by atoms with Gasteiger partial charge in [0.2, 0.25) is 5.91 Å². The van der Waals surface area contributed by atoms with Gasteiger partial charge in [-0.05, 0) is 32.1 Å². The first-order chi connectivity index (χ1) is 13.5. The molecule has 1 unspecified atom stereocenters. The van der Waals surface area contributed by atoms with Gasteiger partial charge in [0.15, 0.2) is 0 Å². The molecular formula is C21H36N5O2+. The van der Waals surface area contributed by atoms with Crippen molar-refractivity contribution < 1.29 is 14.5 Å². The van der Waals surface area contributed by atoms with E-state index in [2.05, 4.69) is 36.1 Å². The average molecular weight is 391 g/mol. The molecule has 0 spiro atoms. The fraction of sp³-hybridized carbons (Fsp3) is 0.714. The lowest BCUT2D eigenvalue weighted by molar-refractivity contribution is -0.928. The van der Waals surface area contributed by atoms with Crippen LogP contribution in [-0.2, 0) is 4.79 Å². The van der Waals surface area contributed by atoms with E-state index in [0.29, 0.717) is 37.7 Å². The molecule has 7 heteroatoms. The SMILES string of the molecule is CC(C)CN(CCC(=O)NCCC[NH+]1CCCC[C@H]1C)C(=O)c1cnccn1. The maximum atomic E-state index is 12.6. The molecule has 2 heterocycles. The highest BCUT2D eigenvalue weighted by molar-refractivity contribution is 5.92. The van der Waals surface area contributed by atoms with Crippen molar-refractivity contribution in [2.45, 2.75) is 58.9 Å². The molecule has 0 aromatic carbocycles. The molecule has 1 aliphatic heterocycles. The highest BCUT2D eigenvalue weighted by atomic mass is 16.2. The zero-order chi connectivity index (χ0) is 20.4. The lowest BCUT2D eigenvalue weighted by Crippen LogP contribution is -3.16. The molecule has 1 saturated heterocycles. The molecule has 2 N–H and O–H groups in total. The molecule has 1 aromatic rings. The number of carbonyl (C=O) groups excluding carboxylic acids is 2. The summed E-state index contributed by atoms with van der Waals surface area (Å²) < 4.78 is 0. The van der Waals surface area contributed by atoms with Crippen LogP contribution in [0.3, 0.4) is 0 Å². The first kappa shape index (κ1) is 22.3. The maximum absolute atomic E-state index is 12.6. The number of nitrogens with zero attached hydrogens (tertiary/aromatic N) is 3. The van der Waals surface area contributed by atoms with E-state index in [9.17, 15) is 9.59 Å². The predicted molar refractivity (Wildman–Crippen MR) is 109 cm³/mol. The molecule has 0 saturated carbocycles. The summed E-state index contributed by atoms with van der Waals surface area (Å²) in [7, 11) is 0. The van der Waals surface area contributed by atoms with Crippen molar-refractivity contribution in [2.24, 2.45) is 5.92 Å². The summed E-state index contributed by atoms with van der Waals surface area (Å²) >= 11 is 0. The fourth-order valence-electron chi connectivity index (χ4n) is 3.78. The van der Waals surface area contributed by atoms with Crippen molar-refractivity contribution in [1.82, 2.24) is 20.2 Å². The van der Waals surface area contributed by atoms with E-state index < -0.39 is 0 Å². The summed E-state index contributed by atoms with van der Waals surface area (Å²) in [5, 5.41) is 3.01. The number of nitrogens with one attached hydrogen (secondary N) is 2. The molecule has 1 aromatic heterocycles. The topological polar surface area (TPSA) is 79.6 Å². The third kappa shape index (κ3) is 7.54. The Kier molecular flexibility index (Phi) is 9.34. The predicted octanol–water partition coefficient (Wildman–Crippen LogP) is 0.929. The first-order valence-electron chi connectivity index (χ1n) is 10.6. The zero-order valence-corrected chi connectivity index (χ0v) is 17.6. The number of aromatic nitrogens is 2. The van der Waals surface area contributed by atoms with E-state index in [1.165, 1.54) is 38.2 Å². The summed E-state index contributed by atoms with van der Waals surface area (Å²) in [6.07, 6.45) is 9.82. The van der Waals surface area contributed by atoms with Crippen molar-refractivity contribution >= 4 is 11.8 Å². The number of carbonyl (C=O) groups is 2. The Hall–Kier alpha value is -2.02. The van der Waals surface area contributed by atoms with Crippen molar-refractivity contribution in [1.29, 1.82) is 0 Å². The number of piperidine rings is 1. The standard InChI is InChI=1S/C21H35N5O2/c1-17(2)16-26(21(28)19-15-22-10-11-23-19)14-8-20(27)24-9-6-13-25-12-5-4-7-18(25)3/h10-11,15,17-18H,4-9,12-14,16H2,1-3H3,(H,24,27)/p+1/t18-/m1/s1. The van der Waals surface area contributed by atoms with Crippen molar-refractivity contribution in [3.05, 3.63) is 24.3 Å². The summed E-state index contributed by atoms with van der Waals surface area (Å²) in [5.74, 6) is 0.151. The largest absolute Gasteiger partial charge is 0.356 e. The zero-order valence-electron chi connectivity index (χ0n) is 17.6. The van der Waals surface area contributed by atoms with Gasteiger partial charge in [-0.3, -0.25) is 14.6 Å². The number of likely N-dealkylation sites (tertiary alicyclic amines) is 1. The Labute approximate surface area is 168 Å². The van der Waals surface area contributed by atoms with Crippen LogP contribution in [0.4, 0.5) is 0 Å². The molecule has 0 radical (unpaired) electrons. The van der Waals surface area contributed by atoms with Crippen molar-refractivity contribution in [3.8, 4) is 0 Å². The van der Waals surface area contributed by atoms with Crippen LogP contribution in [0.5, 0.6) is 0 Å². The monoisotopic (exact) mass is 390 g/mol. The van der Waals surface area contributed by atoms with E-state index in [0.717, 1.165) is 19.0 Å². The minimum atomic E-state index is -0.169. The van der Waals surface area contributed by atoms with E-state index in [-0.39, 0.29) is 11.8 Å². The van der Waals surface area contributed by atoms with Crippen LogP contribution in [-0.4, -0.2) is 65.4 Å². The van der Waals surface area contributed by atoms with Gasteiger partial charge in [0.05, 0.1) is 25.3 Å². The molecule has 28 heavy (non-hydrogen) atoms. The van der Waals surface area contributed by atoms with Gasteiger partial charge in [0.25, 0.3) is 5.91 Å². The van der Waals surface area contributed by atoms with Gasteiger partial charge in [-0.15, -0.1) is 0 Å². The first-order valence-corrected chi connectivity index (χ1v) is 10.6. The van der Waals surface area contributed by atoms with E-state index in [1.54, 1.807) is 16.0 Å². The minimum Gasteiger partial charge on any atom is -0.356 e. The summed E-state index contributed by atoms with van der Waals surface area (Å²) in [6.45, 7) is 10.5. The third-order valence-corrected chi connectivity index (χ3v) is 5.34. The number of rotatable bonds is 10. The van der Waals surface area contributed by atoms with Crippen molar-refractivity contribution in [2.75, 3.05) is 32.7 Å². The second kappa shape index (κ2) is 11.7. The molecule has 0 aliphatic carbocycles. The molecular weight excluding hydrogens is 354 g/mol. The maximum Gasteiger partial charge on any atom is 0.274 e. The van der Waals surface area contributed by atoms with Crippen LogP contribution in [0.1, 0.15) is 63.4 Å². The van der Waals surface area contributed by atoms with Crippen molar-refractivity contribution in [3.63, 3.8) is 0 Å². The third-order valence-electron chi connectivity index (χ3n) is 5.34. The van der Waals surface area contributed by atoms with Crippen LogP contribution in [0.15, 0.2) is 18.6 Å². The van der Waals surface area contributed by atoms with E-state index in [1.807, 2.05) is 0 Å². The van der Waals surface area contributed by atoms with E-state index >= 15 is 0 Å². The minimum absolute atomic E-state index is 0.00222. The van der Waals surface area contributed by atoms with E-state index in [4.69, 9.17) is 0 Å². The van der Waals surface area contributed by atoms with Gasteiger partial charge >= 0.3 is 0 Å². The number of amides is 2. The second-order valence-electron chi connectivity index (χ2n) is 8.24. The fourth-order valence-corrected chi connectivity index (χ4v) is 3.78. The van der Waals surface area contributed by atoms with Crippen LogP contribution in [0.25, 0.3) is 0 Å².